The van der Waals surface area contributed by atoms with Gasteiger partial charge < -0.3 is 0 Å². The van der Waals surface area contributed by atoms with Gasteiger partial charge in [0.2, 0.25) is 0 Å². The summed E-state index contributed by atoms with van der Waals surface area (Å²) in [6.07, 6.45) is 1.54. The van der Waals surface area contributed by atoms with E-state index < -0.39 is 15.4 Å². The predicted molar refractivity (Wildman–Crippen MR) is 103 cm³/mol. The fourth-order valence-electron chi connectivity index (χ4n) is 2.97. The van der Waals surface area contributed by atoms with Crippen molar-refractivity contribution in [1.29, 1.82) is 0 Å². The lowest BCUT2D eigenvalue weighted by molar-refractivity contribution is 0.519. The number of hydrogen-bond acceptors (Lipinski definition) is 4. The summed E-state index contributed by atoms with van der Waals surface area (Å²) in [5.41, 5.74) is 2.99. The van der Waals surface area contributed by atoms with Gasteiger partial charge >= 0.3 is 15.4 Å². The van der Waals surface area contributed by atoms with Crippen LogP contribution in [0.2, 0.25) is 0 Å². The van der Waals surface area contributed by atoms with E-state index in [-0.39, 0.29) is 10.6 Å². The molecule has 3 rings (SSSR count). The van der Waals surface area contributed by atoms with Gasteiger partial charge in [0.15, 0.2) is 0 Å². The van der Waals surface area contributed by atoms with Crippen LogP contribution in [0.25, 0.3) is 28.3 Å². The average molecular weight is 380 g/mol. The Bertz CT molecular complexity index is 1100. The molecule has 0 saturated heterocycles. The van der Waals surface area contributed by atoms with Crippen molar-refractivity contribution in [3.05, 3.63) is 78.9 Å². The summed E-state index contributed by atoms with van der Waals surface area (Å²) in [6, 6.07) is 19.5. The molecule has 0 bridgehead atoms. The van der Waals surface area contributed by atoms with Gasteiger partial charge in [0, 0.05) is 5.56 Å². The van der Waals surface area contributed by atoms with E-state index in [1.807, 2.05) is 36.4 Å². The fraction of sp³-hybridized carbons (Fsp3) is 0. The van der Waals surface area contributed by atoms with Crippen LogP contribution in [0.4, 0.5) is 0 Å². The number of rotatable bonds is 5. The van der Waals surface area contributed by atoms with E-state index in [0.717, 1.165) is 5.56 Å². The Morgan fingerprint density at radius 2 is 1.19 bits per heavy atom. The molecule has 0 heterocycles. The fourth-order valence-corrected chi connectivity index (χ4v) is 4.66. The highest BCUT2D eigenvalue weighted by Gasteiger charge is 2.25. The first-order chi connectivity index (χ1) is 12.5. The van der Waals surface area contributed by atoms with Gasteiger partial charge in [0.1, 0.15) is 5.30 Å². The smallest absolute Gasteiger partial charge is 0.232 e. The normalized spacial score (nSPS) is 10.3. The molecule has 0 atom stereocenters. The van der Waals surface area contributed by atoms with E-state index in [1.54, 1.807) is 30.3 Å². The Morgan fingerprint density at radius 3 is 1.62 bits per heavy atom. The quantitative estimate of drug-likeness (QED) is 0.566. The molecule has 0 aliphatic carbocycles. The summed E-state index contributed by atoms with van der Waals surface area (Å²) in [7, 11) is -6.23. The lowest BCUT2D eigenvalue weighted by Crippen LogP contribution is -2.20. The Labute approximate surface area is 151 Å². The van der Waals surface area contributed by atoms with Gasteiger partial charge in [-0.15, -0.1) is 0 Å². The van der Waals surface area contributed by atoms with E-state index in [4.69, 9.17) is 0 Å². The first kappa shape index (κ1) is 18.0. The third kappa shape index (κ3) is 3.30. The Kier molecular flexibility index (Phi) is 5.27. The summed E-state index contributed by atoms with van der Waals surface area (Å²) in [5.74, 6) is 0. The van der Waals surface area contributed by atoms with E-state index in [2.05, 4.69) is 6.58 Å². The van der Waals surface area contributed by atoms with Crippen molar-refractivity contribution in [1.82, 2.24) is 0 Å². The van der Waals surface area contributed by atoms with Crippen LogP contribution in [-0.4, -0.2) is 0 Å². The summed E-state index contributed by atoms with van der Waals surface area (Å²) in [6.45, 7) is 3.78. The van der Waals surface area contributed by atoms with E-state index in [0.29, 0.717) is 22.3 Å². The van der Waals surface area contributed by atoms with Gasteiger partial charge in [-0.1, -0.05) is 73.3 Å². The van der Waals surface area contributed by atoms with Crippen molar-refractivity contribution >= 4 is 32.0 Å². The molecule has 0 fully saturated rings. The largest absolute Gasteiger partial charge is 0.350 e. The van der Waals surface area contributed by atoms with Crippen LogP contribution in [0.3, 0.4) is 0 Å². The van der Waals surface area contributed by atoms with Crippen LogP contribution in [0, 0.1) is 0 Å². The summed E-state index contributed by atoms with van der Waals surface area (Å²) < 4.78 is 47.6. The zero-order valence-corrected chi connectivity index (χ0v) is 15.5. The predicted octanol–water partition coefficient (Wildman–Crippen LogP) is 5.26. The maximum Gasteiger partial charge on any atom is 0.350 e. The van der Waals surface area contributed by atoms with Crippen LogP contribution < -0.4 is 10.6 Å². The minimum absolute atomic E-state index is 0.188. The van der Waals surface area contributed by atoms with Crippen molar-refractivity contribution in [3.8, 4) is 22.3 Å². The lowest BCUT2D eigenvalue weighted by atomic mass is 9.90. The second-order valence-electron chi connectivity index (χ2n) is 5.53. The SMILES string of the molecule is C=Cc1cc(P(=O)=O)c(P(=O)=O)c(-c2ccccc2)c1-c1ccccc1. The molecule has 0 saturated carbocycles. The summed E-state index contributed by atoms with van der Waals surface area (Å²) >= 11 is 0. The summed E-state index contributed by atoms with van der Waals surface area (Å²) in [4.78, 5) is 0. The molecule has 26 heavy (non-hydrogen) atoms. The van der Waals surface area contributed by atoms with Gasteiger partial charge in [-0.05, 0) is 28.3 Å². The lowest BCUT2D eigenvalue weighted by Gasteiger charge is -2.16. The van der Waals surface area contributed by atoms with E-state index >= 15 is 0 Å². The standard InChI is InChI=1S/C20H14O4P2/c1-2-14-13-17(25(21)22)20(26(23)24)19(16-11-7-4-8-12-16)18(14)15-9-5-3-6-10-15/h2-13H,1H2. The first-order valence-electron chi connectivity index (χ1n) is 7.77. The topological polar surface area (TPSA) is 68.3 Å². The van der Waals surface area contributed by atoms with Crippen molar-refractivity contribution in [2.75, 3.05) is 0 Å². The molecular formula is C20H14O4P2. The highest BCUT2D eigenvalue weighted by Crippen LogP contribution is 2.37. The van der Waals surface area contributed by atoms with Gasteiger partial charge in [0.05, 0.1) is 5.30 Å². The molecule has 3 aromatic rings. The third-order valence-corrected chi connectivity index (χ3v) is 5.79. The average Bonchev–Trinajstić information content (AvgIpc) is 2.67. The van der Waals surface area contributed by atoms with Gasteiger partial charge in [-0.25, -0.2) is 18.3 Å². The van der Waals surface area contributed by atoms with Crippen LogP contribution in [-0.2, 0) is 18.3 Å². The van der Waals surface area contributed by atoms with Crippen molar-refractivity contribution < 1.29 is 18.3 Å². The van der Waals surface area contributed by atoms with Crippen molar-refractivity contribution in [2.24, 2.45) is 0 Å². The molecular weight excluding hydrogens is 366 g/mol. The molecule has 0 N–H and O–H groups in total. The molecule has 3 aromatic carbocycles. The van der Waals surface area contributed by atoms with Gasteiger partial charge in [-0.2, -0.15) is 0 Å². The van der Waals surface area contributed by atoms with Crippen LogP contribution in [0.1, 0.15) is 5.56 Å². The van der Waals surface area contributed by atoms with Crippen LogP contribution in [0.5, 0.6) is 0 Å². The minimum Gasteiger partial charge on any atom is -0.232 e. The highest BCUT2D eigenvalue weighted by molar-refractivity contribution is 7.48. The minimum atomic E-state index is -3.14. The summed E-state index contributed by atoms with van der Waals surface area (Å²) in [5, 5.41) is -0.406. The molecule has 0 unspecified atom stereocenters. The van der Waals surface area contributed by atoms with Crippen LogP contribution in [0.15, 0.2) is 73.3 Å². The number of hydrogen-bond donors (Lipinski definition) is 0. The van der Waals surface area contributed by atoms with E-state index in [9.17, 15) is 18.3 Å². The highest BCUT2D eigenvalue weighted by atomic mass is 31.1. The van der Waals surface area contributed by atoms with Crippen LogP contribution >= 0.6 is 15.4 Å². The van der Waals surface area contributed by atoms with Crippen molar-refractivity contribution in [2.45, 2.75) is 0 Å². The third-order valence-electron chi connectivity index (χ3n) is 4.03. The zero-order chi connectivity index (χ0) is 18.7. The monoisotopic (exact) mass is 380 g/mol. The maximum absolute atomic E-state index is 12.0. The zero-order valence-electron chi connectivity index (χ0n) is 13.7. The van der Waals surface area contributed by atoms with Crippen molar-refractivity contribution in [3.63, 3.8) is 0 Å². The number of benzene rings is 3. The second kappa shape index (κ2) is 7.61. The second-order valence-corrected chi connectivity index (χ2v) is 7.49. The first-order valence-corrected chi connectivity index (χ1v) is 10.1. The van der Waals surface area contributed by atoms with Gasteiger partial charge in [-0.3, -0.25) is 0 Å². The molecule has 0 aliphatic heterocycles. The molecule has 4 nitrogen and oxygen atoms in total. The molecule has 0 spiro atoms. The van der Waals surface area contributed by atoms with E-state index in [1.165, 1.54) is 6.07 Å². The molecule has 0 radical (unpaired) electrons. The molecule has 128 valence electrons. The molecule has 6 heteroatoms. The molecule has 0 amide bonds. The Hall–Kier alpha value is -2.80. The Morgan fingerprint density at radius 1 is 0.692 bits per heavy atom. The Balaban J connectivity index is 2.59. The maximum atomic E-state index is 12.0. The molecule has 0 aromatic heterocycles. The van der Waals surface area contributed by atoms with Gasteiger partial charge in [0.25, 0.3) is 0 Å². The molecule has 0 aliphatic rings.